The summed E-state index contributed by atoms with van der Waals surface area (Å²) in [7, 11) is 0. The second-order valence-electron chi connectivity index (χ2n) is 6.14. The fourth-order valence-electron chi connectivity index (χ4n) is 2.53. The summed E-state index contributed by atoms with van der Waals surface area (Å²) in [6.45, 7) is 0.173. The van der Waals surface area contributed by atoms with E-state index in [4.69, 9.17) is 14.2 Å². The highest BCUT2D eigenvalue weighted by Crippen LogP contribution is 2.19. The number of para-hydroxylation sites is 2. The minimum absolute atomic E-state index is 0.244. The minimum atomic E-state index is -0.638. The predicted octanol–water partition coefficient (Wildman–Crippen LogP) is 4.70. The Labute approximate surface area is 182 Å². The number of ether oxygens (including phenoxy) is 3. The third kappa shape index (κ3) is 6.63. The van der Waals surface area contributed by atoms with Crippen LogP contribution >= 0.6 is 15.9 Å². The number of anilines is 1. The third-order valence-corrected chi connectivity index (χ3v) is 4.45. The van der Waals surface area contributed by atoms with Crippen molar-refractivity contribution in [2.75, 3.05) is 25.1 Å². The summed E-state index contributed by atoms with van der Waals surface area (Å²) >= 11 is 3.33. The van der Waals surface area contributed by atoms with Gasteiger partial charge in [0.25, 0.3) is 5.91 Å². The van der Waals surface area contributed by atoms with Gasteiger partial charge in [0.15, 0.2) is 6.61 Å². The molecule has 7 heteroatoms. The van der Waals surface area contributed by atoms with Gasteiger partial charge in [0.2, 0.25) is 0 Å². The lowest BCUT2D eigenvalue weighted by Gasteiger charge is -2.12. The molecule has 0 fully saturated rings. The topological polar surface area (TPSA) is 73.9 Å². The Kier molecular flexibility index (Phi) is 7.86. The largest absolute Gasteiger partial charge is 0.490 e. The van der Waals surface area contributed by atoms with Gasteiger partial charge < -0.3 is 19.5 Å². The smallest absolute Gasteiger partial charge is 0.342 e. The summed E-state index contributed by atoms with van der Waals surface area (Å²) < 4.78 is 17.3. The van der Waals surface area contributed by atoms with Crippen LogP contribution in [0.3, 0.4) is 0 Å². The Morgan fingerprint density at radius 1 is 0.800 bits per heavy atom. The van der Waals surface area contributed by atoms with E-state index in [1.54, 1.807) is 48.5 Å². The maximum Gasteiger partial charge on any atom is 0.342 e. The first-order chi connectivity index (χ1) is 14.6. The zero-order valence-electron chi connectivity index (χ0n) is 16.0. The fourth-order valence-corrected chi connectivity index (χ4v) is 2.79. The van der Waals surface area contributed by atoms with Crippen molar-refractivity contribution in [2.45, 2.75) is 0 Å². The molecule has 0 aromatic heterocycles. The molecule has 3 rings (SSSR count). The van der Waals surface area contributed by atoms with Crippen LogP contribution in [0.5, 0.6) is 11.5 Å². The fraction of sp³-hybridized carbons (Fsp3) is 0.130. The highest BCUT2D eigenvalue weighted by atomic mass is 79.9. The maximum atomic E-state index is 12.4. The van der Waals surface area contributed by atoms with Crippen LogP contribution in [-0.2, 0) is 9.53 Å². The van der Waals surface area contributed by atoms with Crippen molar-refractivity contribution in [2.24, 2.45) is 0 Å². The number of hydrogen-bond acceptors (Lipinski definition) is 5. The van der Waals surface area contributed by atoms with Gasteiger partial charge in [-0.2, -0.15) is 0 Å². The van der Waals surface area contributed by atoms with Crippen LogP contribution in [0.2, 0.25) is 0 Å². The zero-order valence-corrected chi connectivity index (χ0v) is 17.6. The molecule has 0 heterocycles. The number of rotatable bonds is 9. The predicted molar refractivity (Wildman–Crippen MR) is 117 cm³/mol. The number of carbonyl (C=O) groups is 2. The minimum Gasteiger partial charge on any atom is -0.490 e. The van der Waals surface area contributed by atoms with E-state index in [1.165, 1.54) is 0 Å². The number of halogens is 1. The lowest BCUT2D eigenvalue weighted by Crippen LogP contribution is -2.21. The maximum absolute atomic E-state index is 12.4. The van der Waals surface area contributed by atoms with E-state index in [1.807, 2.05) is 30.3 Å². The Balaban J connectivity index is 1.48. The molecule has 3 aromatic carbocycles. The first-order valence-electron chi connectivity index (χ1n) is 9.24. The number of amides is 1. The molecule has 0 unspecified atom stereocenters. The van der Waals surface area contributed by atoms with E-state index in [0.717, 1.165) is 10.2 Å². The first kappa shape index (κ1) is 21.4. The van der Waals surface area contributed by atoms with Gasteiger partial charge in [0, 0.05) is 10.2 Å². The molecule has 0 radical (unpaired) electrons. The second-order valence-corrected chi connectivity index (χ2v) is 7.05. The molecule has 0 aliphatic carbocycles. The van der Waals surface area contributed by atoms with Crippen LogP contribution in [-0.4, -0.2) is 31.7 Å². The van der Waals surface area contributed by atoms with Gasteiger partial charge in [-0.25, -0.2) is 4.79 Å². The van der Waals surface area contributed by atoms with Gasteiger partial charge in [0.1, 0.15) is 30.3 Å². The summed E-state index contributed by atoms with van der Waals surface area (Å²) in [5, 5.41) is 2.66. The first-order valence-corrected chi connectivity index (χ1v) is 10.0. The van der Waals surface area contributed by atoms with E-state index in [9.17, 15) is 9.59 Å². The Hall–Kier alpha value is -3.32. The normalized spacial score (nSPS) is 10.2. The summed E-state index contributed by atoms with van der Waals surface area (Å²) in [5.74, 6) is 0.0407. The second kappa shape index (κ2) is 11.0. The highest BCUT2D eigenvalue weighted by Gasteiger charge is 2.15. The lowest BCUT2D eigenvalue weighted by atomic mass is 10.2. The average Bonchev–Trinajstić information content (AvgIpc) is 2.78. The van der Waals surface area contributed by atoms with Crippen LogP contribution in [0.15, 0.2) is 83.3 Å². The molecule has 0 bridgehead atoms. The number of esters is 1. The van der Waals surface area contributed by atoms with Crippen molar-refractivity contribution in [3.63, 3.8) is 0 Å². The highest BCUT2D eigenvalue weighted by molar-refractivity contribution is 9.10. The van der Waals surface area contributed by atoms with E-state index in [-0.39, 0.29) is 12.2 Å². The molecule has 30 heavy (non-hydrogen) atoms. The summed E-state index contributed by atoms with van der Waals surface area (Å²) in [4.78, 5) is 24.4. The number of benzene rings is 3. The number of hydrogen-bond donors (Lipinski definition) is 1. The van der Waals surface area contributed by atoms with Crippen LogP contribution < -0.4 is 14.8 Å². The summed E-state index contributed by atoms with van der Waals surface area (Å²) in [6.07, 6.45) is 0. The van der Waals surface area contributed by atoms with Gasteiger partial charge in [-0.15, -0.1) is 0 Å². The van der Waals surface area contributed by atoms with Gasteiger partial charge >= 0.3 is 5.97 Å². The monoisotopic (exact) mass is 469 g/mol. The standard InChI is InChI=1S/C23H20BrNO5/c24-17-10-12-18(13-11-17)25-22(26)16-30-23(27)20-8-4-5-9-21(20)29-15-14-28-19-6-2-1-3-7-19/h1-13H,14-16H2,(H,25,26). The van der Waals surface area contributed by atoms with Gasteiger partial charge in [-0.3, -0.25) is 4.79 Å². The summed E-state index contributed by atoms with van der Waals surface area (Å²) in [5.41, 5.74) is 0.857. The molecular weight excluding hydrogens is 450 g/mol. The summed E-state index contributed by atoms with van der Waals surface area (Å²) in [6, 6.07) is 23.2. The lowest BCUT2D eigenvalue weighted by molar-refractivity contribution is -0.119. The molecule has 0 spiro atoms. The molecule has 6 nitrogen and oxygen atoms in total. The number of nitrogens with one attached hydrogen (secondary N) is 1. The molecular formula is C23H20BrNO5. The molecule has 0 atom stereocenters. The van der Waals surface area contributed by atoms with Crippen molar-refractivity contribution in [3.8, 4) is 11.5 Å². The third-order valence-electron chi connectivity index (χ3n) is 3.92. The zero-order chi connectivity index (χ0) is 21.2. The van der Waals surface area contributed by atoms with Crippen molar-refractivity contribution in [1.29, 1.82) is 0 Å². The van der Waals surface area contributed by atoms with Crippen molar-refractivity contribution < 1.29 is 23.8 Å². The van der Waals surface area contributed by atoms with Crippen LogP contribution in [0.4, 0.5) is 5.69 Å². The molecule has 1 amide bonds. The van der Waals surface area contributed by atoms with Gasteiger partial charge in [-0.05, 0) is 48.5 Å². The van der Waals surface area contributed by atoms with E-state index >= 15 is 0 Å². The van der Waals surface area contributed by atoms with Crippen molar-refractivity contribution in [3.05, 3.63) is 88.9 Å². The van der Waals surface area contributed by atoms with Crippen molar-refractivity contribution in [1.82, 2.24) is 0 Å². The van der Waals surface area contributed by atoms with Crippen LogP contribution in [0, 0.1) is 0 Å². The molecule has 1 N–H and O–H groups in total. The molecule has 154 valence electrons. The van der Waals surface area contributed by atoms with Crippen LogP contribution in [0.25, 0.3) is 0 Å². The van der Waals surface area contributed by atoms with Gasteiger partial charge in [0.05, 0.1) is 0 Å². The molecule has 0 saturated carbocycles. The Morgan fingerprint density at radius 2 is 1.47 bits per heavy atom. The molecule has 3 aromatic rings. The Bertz CT molecular complexity index is 976. The van der Waals surface area contributed by atoms with Gasteiger partial charge in [-0.1, -0.05) is 46.3 Å². The molecule has 0 aliphatic heterocycles. The number of carbonyl (C=O) groups excluding carboxylic acids is 2. The molecule has 0 saturated heterocycles. The van der Waals surface area contributed by atoms with Crippen LogP contribution in [0.1, 0.15) is 10.4 Å². The van der Waals surface area contributed by atoms with E-state index in [0.29, 0.717) is 18.0 Å². The van der Waals surface area contributed by atoms with Crippen molar-refractivity contribution >= 4 is 33.5 Å². The quantitative estimate of drug-likeness (QED) is 0.363. The Morgan fingerprint density at radius 3 is 2.23 bits per heavy atom. The van der Waals surface area contributed by atoms with E-state index in [2.05, 4.69) is 21.2 Å². The van der Waals surface area contributed by atoms with E-state index < -0.39 is 18.5 Å². The molecule has 0 aliphatic rings. The average molecular weight is 470 g/mol. The SMILES string of the molecule is O=C(COC(=O)c1ccccc1OCCOc1ccccc1)Nc1ccc(Br)cc1.